The van der Waals surface area contributed by atoms with E-state index in [0.29, 0.717) is 13.0 Å². The molecule has 5 nitrogen and oxygen atoms in total. The monoisotopic (exact) mass is 240 g/mol. The molecular weight excluding hydrogens is 227 g/mol. The van der Waals surface area contributed by atoms with Gasteiger partial charge in [0.05, 0.1) is 5.56 Å². The Hall–Kier alpha value is -1.95. The van der Waals surface area contributed by atoms with Gasteiger partial charge in [-0.25, -0.2) is 9.18 Å². The van der Waals surface area contributed by atoms with Crippen LogP contribution in [0, 0.1) is 5.82 Å². The molecule has 0 bridgehead atoms. The van der Waals surface area contributed by atoms with Crippen molar-refractivity contribution in [3.63, 3.8) is 0 Å². The van der Waals surface area contributed by atoms with Gasteiger partial charge in [-0.05, 0) is 31.2 Å². The van der Waals surface area contributed by atoms with E-state index in [1.54, 1.807) is 0 Å². The lowest BCUT2D eigenvalue weighted by molar-refractivity contribution is -0.116. The van der Waals surface area contributed by atoms with Crippen molar-refractivity contribution >= 4 is 17.6 Å². The molecule has 0 saturated heterocycles. The Morgan fingerprint density at radius 1 is 1.41 bits per heavy atom. The summed E-state index contributed by atoms with van der Waals surface area (Å²) in [7, 11) is 0. The molecule has 1 aromatic carbocycles. The topological polar surface area (TPSA) is 92.4 Å². The van der Waals surface area contributed by atoms with Crippen molar-refractivity contribution in [3.8, 4) is 0 Å². The molecule has 1 aromatic rings. The summed E-state index contributed by atoms with van der Waals surface area (Å²) in [6.45, 7) is 0.403. The van der Waals surface area contributed by atoms with Gasteiger partial charge in [-0.1, -0.05) is 0 Å². The average molecular weight is 240 g/mol. The number of carboxylic acid groups (broad SMARTS) is 1. The summed E-state index contributed by atoms with van der Waals surface area (Å²) in [5, 5.41) is 11.1. The van der Waals surface area contributed by atoms with E-state index in [1.165, 1.54) is 6.07 Å². The van der Waals surface area contributed by atoms with Gasteiger partial charge in [-0.3, -0.25) is 4.79 Å². The molecule has 0 fully saturated rings. The van der Waals surface area contributed by atoms with Crippen LogP contribution < -0.4 is 11.1 Å². The maximum absolute atomic E-state index is 13.3. The Labute approximate surface area is 97.4 Å². The largest absolute Gasteiger partial charge is 0.478 e. The van der Waals surface area contributed by atoms with Crippen molar-refractivity contribution in [3.05, 3.63) is 29.6 Å². The van der Waals surface area contributed by atoms with E-state index in [2.05, 4.69) is 5.32 Å². The highest BCUT2D eigenvalue weighted by atomic mass is 19.1. The minimum absolute atomic E-state index is 0.231. The third kappa shape index (κ3) is 3.84. The van der Waals surface area contributed by atoms with Crippen LogP contribution in [0.5, 0.6) is 0 Å². The van der Waals surface area contributed by atoms with Crippen LogP contribution in [0.25, 0.3) is 0 Å². The lowest BCUT2D eigenvalue weighted by Crippen LogP contribution is -2.14. The highest BCUT2D eigenvalue weighted by Crippen LogP contribution is 2.14. The quantitative estimate of drug-likeness (QED) is 0.721. The molecule has 17 heavy (non-hydrogen) atoms. The predicted molar refractivity (Wildman–Crippen MR) is 60.3 cm³/mol. The summed E-state index contributed by atoms with van der Waals surface area (Å²) >= 11 is 0. The molecule has 0 heterocycles. The van der Waals surface area contributed by atoms with E-state index in [1.807, 2.05) is 0 Å². The molecule has 0 aromatic heterocycles. The molecule has 0 atom stereocenters. The number of benzene rings is 1. The van der Waals surface area contributed by atoms with Crippen LogP contribution in [-0.4, -0.2) is 23.5 Å². The van der Waals surface area contributed by atoms with Crippen LogP contribution in [0.2, 0.25) is 0 Å². The van der Waals surface area contributed by atoms with Crippen LogP contribution in [0.15, 0.2) is 18.2 Å². The molecular formula is C11H13FN2O3. The zero-order valence-corrected chi connectivity index (χ0v) is 9.07. The van der Waals surface area contributed by atoms with Crippen LogP contribution in [0.3, 0.4) is 0 Å². The van der Waals surface area contributed by atoms with Crippen LogP contribution in [0.1, 0.15) is 23.2 Å². The summed E-state index contributed by atoms with van der Waals surface area (Å²) < 4.78 is 13.3. The van der Waals surface area contributed by atoms with Crippen LogP contribution in [0.4, 0.5) is 10.1 Å². The number of anilines is 1. The number of nitrogens with one attached hydrogen (secondary N) is 1. The maximum Gasteiger partial charge on any atom is 0.338 e. The normalized spacial score (nSPS) is 10.0. The highest BCUT2D eigenvalue weighted by Gasteiger charge is 2.11. The zero-order valence-electron chi connectivity index (χ0n) is 9.07. The Morgan fingerprint density at radius 3 is 2.65 bits per heavy atom. The van der Waals surface area contributed by atoms with E-state index < -0.39 is 17.3 Å². The van der Waals surface area contributed by atoms with Gasteiger partial charge in [0.15, 0.2) is 0 Å². The highest BCUT2D eigenvalue weighted by molar-refractivity contribution is 5.92. The number of rotatable bonds is 5. The minimum atomic E-state index is -1.34. The number of nitrogens with two attached hydrogens (primary N) is 1. The maximum atomic E-state index is 13.3. The van der Waals surface area contributed by atoms with Crippen molar-refractivity contribution in [2.45, 2.75) is 12.8 Å². The molecule has 4 N–H and O–H groups in total. The first-order valence-electron chi connectivity index (χ1n) is 5.07. The van der Waals surface area contributed by atoms with E-state index in [4.69, 9.17) is 10.8 Å². The number of hydrogen-bond acceptors (Lipinski definition) is 3. The van der Waals surface area contributed by atoms with Crippen molar-refractivity contribution in [1.82, 2.24) is 0 Å². The second kappa shape index (κ2) is 5.95. The number of halogens is 1. The number of hydrogen-bond donors (Lipinski definition) is 3. The molecule has 1 amide bonds. The second-order valence-electron chi connectivity index (χ2n) is 3.44. The van der Waals surface area contributed by atoms with E-state index in [9.17, 15) is 14.0 Å². The van der Waals surface area contributed by atoms with Gasteiger partial charge in [0.1, 0.15) is 5.82 Å². The van der Waals surface area contributed by atoms with Gasteiger partial charge in [-0.2, -0.15) is 0 Å². The van der Waals surface area contributed by atoms with Crippen molar-refractivity contribution < 1.29 is 19.1 Å². The van der Waals surface area contributed by atoms with Gasteiger partial charge in [0.25, 0.3) is 0 Å². The molecule has 0 unspecified atom stereocenters. The van der Waals surface area contributed by atoms with Crippen molar-refractivity contribution in [2.24, 2.45) is 5.73 Å². The molecule has 0 aliphatic rings. The number of aromatic carboxylic acids is 1. The Bertz CT molecular complexity index is 435. The Balaban J connectivity index is 2.70. The average Bonchev–Trinajstić information content (AvgIpc) is 2.26. The number of amides is 1. The molecule has 0 radical (unpaired) electrons. The fourth-order valence-corrected chi connectivity index (χ4v) is 1.25. The smallest absolute Gasteiger partial charge is 0.338 e. The summed E-state index contributed by atoms with van der Waals surface area (Å²) in [6.07, 6.45) is 0.792. The molecule has 0 saturated carbocycles. The van der Waals surface area contributed by atoms with Crippen molar-refractivity contribution in [1.29, 1.82) is 0 Å². The van der Waals surface area contributed by atoms with E-state index >= 15 is 0 Å². The van der Waals surface area contributed by atoms with E-state index in [-0.39, 0.29) is 18.0 Å². The lowest BCUT2D eigenvalue weighted by atomic mass is 10.2. The lowest BCUT2D eigenvalue weighted by Gasteiger charge is -2.05. The third-order valence-electron chi connectivity index (χ3n) is 2.09. The zero-order chi connectivity index (χ0) is 12.8. The third-order valence-corrected chi connectivity index (χ3v) is 2.09. The first-order chi connectivity index (χ1) is 8.04. The number of carbonyl (C=O) groups is 2. The number of carboxylic acids is 1. The summed E-state index contributed by atoms with van der Waals surface area (Å²) in [6, 6.07) is 3.42. The molecule has 0 aliphatic heterocycles. The van der Waals surface area contributed by atoms with Gasteiger partial charge in [0, 0.05) is 12.1 Å². The van der Waals surface area contributed by atoms with Crippen molar-refractivity contribution in [2.75, 3.05) is 11.9 Å². The summed E-state index contributed by atoms with van der Waals surface area (Å²) in [5.41, 5.74) is 5.05. The second-order valence-corrected chi connectivity index (χ2v) is 3.44. The SMILES string of the molecule is NCCCC(=O)Nc1ccc(C(=O)O)c(F)c1. The predicted octanol–water partition coefficient (Wildman–Crippen LogP) is 1.20. The van der Waals surface area contributed by atoms with Gasteiger partial charge in [0.2, 0.25) is 5.91 Å². The molecule has 92 valence electrons. The van der Waals surface area contributed by atoms with Crippen LogP contribution >= 0.6 is 0 Å². The molecule has 6 heteroatoms. The Morgan fingerprint density at radius 2 is 2.12 bits per heavy atom. The fraction of sp³-hybridized carbons (Fsp3) is 0.273. The molecule has 0 spiro atoms. The van der Waals surface area contributed by atoms with Crippen LogP contribution in [-0.2, 0) is 4.79 Å². The fourth-order valence-electron chi connectivity index (χ4n) is 1.25. The number of carbonyl (C=O) groups excluding carboxylic acids is 1. The van der Waals surface area contributed by atoms with Gasteiger partial charge >= 0.3 is 5.97 Å². The van der Waals surface area contributed by atoms with E-state index in [0.717, 1.165) is 12.1 Å². The first kappa shape index (κ1) is 13.1. The summed E-state index contributed by atoms with van der Waals surface area (Å²) in [5.74, 6) is -2.50. The van der Waals surface area contributed by atoms with Gasteiger partial charge in [-0.15, -0.1) is 0 Å². The Kier molecular flexibility index (Phi) is 4.59. The minimum Gasteiger partial charge on any atom is -0.478 e. The standard InChI is InChI=1S/C11H13FN2O3/c12-9-6-7(3-4-8(9)11(16)17)14-10(15)2-1-5-13/h3-4,6H,1-2,5,13H2,(H,14,15)(H,16,17). The first-order valence-corrected chi connectivity index (χ1v) is 5.07. The summed E-state index contributed by atoms with van der Waals surface area (Å²) in [4.78, 5) is 21.9. The molecule has 1 rings (SSSR count). The van der Waals surface area contributed by atoms with Gasteiger partial charge < -0.3 is 16.2 Å². The molecule has 0 aliphatic carbocycles.